The predicted octanol–water partition coefficient (Wildman–Crippen LogP) is 12.1. The summed E-state index contributed by atoms with van der Waals surface area (Å²) in [4.78, 5) is 92.7. The summed E-state index contributed by atoms with van der Waals surface area (Å²) < 4.78 is 82.8. The number of hydrogen-bond acceptors (Lipinski definition) is 12. The van der Waals surface area contributed by atoms with Crippen molar-refractivity contribution in [2.24, 2.45) is 16.5 Å². The van der Waals surface area contributed by atoms with Crippen molar-refractivity contribution in [3.8, 4) is 0 Å². The lowest BCUT2D eigenvalue weighted by Crippen LogP contribution is -2.22. The zero-order chi connectivity index (χ0) is 67.8. The van der Waals surface area contributed by atoms with E-state index in [1.807, 2.05) is 0 Å². The molecule has 6 aromatic carbocycles. The van der Waals surface area contributed by atoms with E-state index < -0.39 is 70.3 Å². The van der Waals surface area contributed by atoms with Crippen molar-refractivity contribution >= 4 is 122 Å². The molecule has 0 radical (unpaired) electrons. The Balaban J connectivity index is 0.000000198. The number of nitrogens with one attached hydrogen (secondary N) is 8. The number of carbonyl (C=O) groups is 6. The van der Waals surface area contributed by atoms with Crippen LogP contribution in [0.3, 0.4) is 0 Å². The van der Waals surface area contributed by atoms with E-state index in [9.17, 15) is 55.1 Å². The summed E-state index contributed by atoms with van der Waals surface area (Å²) in [6.07, 6.45) is 3.92. The molecule has 0 saturated heterocycles. The van der Waals surface area contributed by atoms with E-state index in [1.165, 1.54) is 111 Å². The van der Waals surface area contributed by atoms with Crippen LogP contribution in [0.1, 0.15) is 78.8 Å². The van der Waals surface area contributed by atoms with Gasteiger partial charge in [-0.3, -0.25) is 44.6 Å². The van der Waals surface area contributed by atoms with Crippen LogP contribution in [-0.2, 0) is 0 Å². The second-order valence-electron chi connectivity index (χ2n) is 19.2. The zero-order valence-corrected chi connectivity index (χ0v) is 50.6. The van der Waals surface area contributed by atoms with Gasteiger partial charge in [0.25, 0.3) is 35.4 Å². The molecule has 0 bridgehead atoms. The highest BCUT2D eigenvalue weighted by Gasteiger charge is 2.23. The van der Waals surface area contributed by atoms with E-state index >= 15 is 0 Å². The molecule has 3 aromatic heterocycles. The average molecular weight is 1330 g/mol. The van der Waals surface area contributed by atoms with E-state index in [-0.39, 0.29) is 79.6 Å². The minimum atomic E-state index is -1.26. The number of amides is 6. The van der Waals surface area contributed by atoms with Crippen LogP contribution in [0.25, 0.3) is 0 Å². The Bertz CT molecular complexity index is 4370. The molecular formula is C63H48Cl3F6N15O6. The molecule has 6 amide bonds. The van der Waals surface area contributed by atoms with Crippen LogP contribution in [0.15, 0.2) is 169 Å². The summed E-state index contributed by atoms with van der Waals surface area (Å²) in [6, 6.07) is 31.0. The fraction of sp³-hybridized carbons (Fsp3) is 0.0476. The molecule has 9 rings (SSSR count). The van der Waals surface area contributed by atoms with Gasteiger partial charge in [-0.25, -0.2) is 41.3 Å². The van der Waals surface area contributed by atoms with E-state index in [4.69, 9.17) is 57.1 Å². The number of rotatable bonds is 15. The molecule has 0 aliphatic rings. The summed E-state index contributed by atoms with van der Waals surface area (Å²) in [5.74, 6) is -11.0. The number of halogens is 9. The number of nitrogens with two attached hydrogens (primary N) is 2. The van der Waals surface area contributed by atoms with Crippen LogP contribution in [0.5, 0.6) is 0 Å². The highest BCUT2D eigenvalue weighted by molar-refractivity contribution is 6.31. The Hall–Kier alpha value is -11.6. The van der Waals surface area contributed by atoms with Crippen LogP contribution < -0.4 is 43.4 Å². The Morgan fingerprint density at radius 1 is 0.398 bits per heavy atom. The third kappa shape index (κ3) is 18.8. The number of hydrogen-bond donors (Lipinski definition) is 10. The summed E-state index contributed by atoms with van der Waals surface area (Å²) in [5.41, 5.74) is 11.7. The molecule has 0 unspecified atom stereocenters. The van der Waals surface area contributed by atoms with E-state index in [0.29, 0.717) is 61.9 Å². The molecule has 9 aromatic rings. The number of benzene rings is 6. The number of nitrogen functional groups attached to an aromatic ring is 1. The van der Waals surface area contributed by atoms with Gasteiger partial charge in [0.05, 0.1) is 48.8 Å². The summed E-state index contributed by atoms with van der Waals surface area (Å²) in [6.45, 7) is 0. The Morgan fingerprint density at radius 2 is 0.667 bits per heavy atom. The average Bonchev–Trinajstić information content (AvgIpc) is 0.892. The number of aliphatic imine (C=N–C) groups is 1. The summed E-state index contributed by atoms with van der Waals surface area (Å²) in [7, 11) is 4.97. The quantitative estimate of drug-likeness (QED) is 0.0260. The molecule has 0 aliphatic carbocycles. The van der Waals surface area contributed by atoms with Gasteiger partial charge in [0.1, 0.15) is 35.0 Å². The molecule has 12 N–H and O–H groups in total. The second kappa shape index (κ2) is 31.3. The monoisotopic (exact) mass is 1330 g/mol. The first-order chi connectivity index (χ1) is 44.2. The molecule has 0 fully saturated rings. The maximum absolute atomic E-state index is 13.9. The number of nitrogens with zero attached hydrogens (tertiary/aromatic N) is 5. The van der Waals surface area contributed by atoms with Gasteiger partial charge in [-0.1, -0.05) is 71.2 Å². The lowest BCUT2D eigenvalue weighted by Gasteiger charge is -2.14. The highest BCUT2D eigenvalue weighted by Crippen LogP contribution is 2.27. The Labute approximate surface area is 539 Å². The third-order valence-corrected chi connectivity index (χ3v) is 13.2. The van der Waals surface area contributed by atoms with Gasteiger partial charge in [0, 0.05) is 91.3 Å². The van der Waals surface area contributed by atoms with E-state index in [0.717, 1.165) is 12.1 Å². The first-order valence-corrected chi connectivity index (χ1v) is 27.6. The maximum Gasteiger partial charge on any atom is 0.259 e. The normalized spacial score (nSPS) is 10.6. The molecule has 93 heavy (non-hydrogen) atoms. The molecule has 0 aliphatic heterocycles. The van der Waals surface area contributed by atoms with Crippen molar-refractivity contribution in [1.82, 2.24) is 19.9 Å². The third-order valence-electron chi connectivity index (χ3n) is 12.6. The smallest absolute Gasteiger partial charge is 0.259 e. The van der Waals surface area contributed by atoms with Gasteiger partial charge in [0.2, 0.25) is 0 Å². The minimum Gasteiger partial charge on any atom is -0.384 e. The van der Waals surface area contributed by atoms with E-state index in [2.05, 4.69) is 51.8 Å². The molecule has 474 valence electrons. The molecule has 0 spiro atoms. The molecule has 30 heteroatoms. The van der Waals surface area contributed by atoms with Gasteiger partial charge in [0.15, 0.2) is 34.9 Å². The van der Waals surface area contributed by atoms with Gasteiger partial charge in [-0.05, 0) is 91.0 Å². The van der Waals surface area contributed by atoms with Gasteiger partial charge in [-0.15, -0.1) is 0 Å². The van der Waals surface area contributed by atoms with Crippen molar-refractivity contribution in [2.45, 2.75) is 0 Å². The Morgan fingerprint density at radius 3 is 0.925 bits per heavy atom. The predicted molar refractivity (Wildman–Crippen MR) is 342 cm³/mol. The SMILES string of the molecule is CN(C)C(=N)c1ccc(C(=O)Nc2cc(F)c(F)cc2C(=O)Nc2ccc(Cl)cn2)cc1.CN=C(N)c1ccc(C(=O)Nc2cc(F)c(F)cc2C(=O)Nc2ccc(Cl)cn2)cc1.N=C(N)c1ccc(C(=O)Nc2cc(F)c(F)cc2C(=O)Nc2ccc(Cl)cn2)cc1. The number of aromatic nitrogens is 3. The molecule has 3 heterocycles. The summed E-state index contributed by atoms with van der Waals surface area (Å²) >= 11 is 17.2. The van der Waals surface area contributed by atoms with Crippen molar-refractivity contribution in [3.05, 3.63) is 264 Å². The lowest BCUT2D eigenvalue weighted by atomic mass is 10.1. The lowest BCUT2D eigenvalue weighted by molar-refractivity contribution is 0.101. The van der Waals surface area contributed by atoms with Crippen molar-refractivity contribution in [2.75, 3.05) is 53.0 Å². The number of carbonyl (C=O) groups excluding carboxylic acids is 6. The molecular weight excluding hydrogens is 1280 g/mol. The molecule has 0 saturated carbocycles. The largest absolute Gasteiger partial charge is 0.384 e. The van der Waals surface area contributed by atoms with Crippen LogP contribution in [0.2, 0.25) is 15.1 Å². The number of pyridine rings is 3. The zero-order valence-electron chi connectivity index (χ0n) is 48.3. The highest BCUT2D eigenvalue weighted by atomic mass is 35.5. The van der Waals surface area contributed by atoms with Gasteiger partial charge >= 0.3 is 0 Å². The standard InChI is InChI=1S/C22H18ClF2N5O2.C21H16ClF2N5O2.C20H14ClF2N5O2/c1-30(2)20(26)12-3-5-13(6-4-12)21(31)28-18-10-17(25)16(24)9-15(18)22(32)29-19-8-7-14(23)11-27-19;1-26-19(25)11-2-4-12(5-3-11)20(30)28-17-9-16(24)15(23)8-14(17)21(31)29-18-7-6-13(22)10-27-18;21-12-5-6-17(26-9-12)28-20(30)13-7-14(22)15(23)8-16(13)27-19(29)11-3-1-10(2-4-11)18(24)25/h3-11,26H,1-2H3,(H,28,31)(H,27,29,32);2-10H,1H3,(H2,25,26)(H,28,30)(H,27,29,31);1-9H,(H3,24,25)(H,27,29)(H,26,28,30). The van der Waals surface area contributed by atoms with E-state index in [1.54, 1.807) is 43.3 Å². The van der Waals surface area contributed by atoms with Crippen LogP contribution in [0.4, 0.5) is 60.9 Å². The number of amidine groups is 3. The van der Waals surface area contributed by atoms with Crippen molar-refractivity contribution < 1.29 is 55.1 Å². The van der Waals surface area contributed by atoms with Gasteiger partial charge in [-0.2, -0.15) is 0 Å². The van der Waals surface area contributed by atoms with Crippen LogP contribution in [-0.4, -0.2) is 93.9 Å². The number of anilines is 6. The fourth-order valence-corrected chi connectivity index (χ4v) is 8.09. The minimum absolute atomic E-state index is 0.131. The van der Waals surface area contributed by atoms with Crippen molar-refractivity contribution in [3.63, 3.8) is 0 Å². The van der Waals surface area contributed by atoms with Gasteiger partial charge < -0.3 is 48.3 Å². The Kier molecular flexibility index (Phi) is 23.2. The first kappa shape index (κ1) is 68.9. The van der Waals surface area contributed by atoms with Crippen LogP contribution in [0, 0.1) is 45.7 Å². The van der Waals surface area contributed by atoms with Crippen molar-refractivity contribution in [1.29, 1.82) is 10.8 Å². The topological polar surface area (TPSA) is 329 Å². The second-order valence-corrected chi connectivity index (χ2v) is 20.6. The maximum atomic E-state index is 13.9. The summed E-state index contributed by atoms with van der Waals surface area (Å²) in [5, 5.41) is 30.9. The molecule has 0 atom stereocenters. The fourth-order valence-electron chi connectivity index (χ4n) is 7.76. The van der Waals surface area contributed by atoms with Crippen LogP contribution >= 0.6 is 34.8 Å². The first-order valence-electron chi connectivity index (χ1n) is 26.5. The molecule has 21 nitrogen and oxygen atoms in total.